The molecule has 120 valence electrons. The number of fused-ring (bicyclic) bond motifs is 5. The Morgan fingerprint density at radius 3 is 2.70 bits per heavy atom. The minimum Gasteiger partial charge on any atom is -0.457 e. The predicted octanol–water partition coefficient (Wildman–Crippen LogP) is 4.73. The quantitative estimate of drug-likeness (QED) is 0.759. The van der Waals surface area contributed by atoms with Crippen LogP contribution >= 0.6 is 15.9 Å². The normalized spacial score (nSPS) is 25.3. The molecule has 0 spiro atoms. The van der Waals surface area contributed by atoms with Crippen molar-refractivity contribution in [2.45, 2.75) is 24.5 Å². The molecule has 1 saturated heterocycles. The Bertz CT molecular complexity index is 731. The van der Waals surface area contributed by atoms with Gasteiger partial charge in [-0.2, -0.15) is 0 Å². The van der Waals surface area contributed by atoms with E-state index in [-0.39, 0.29) is 12.2 Å². The van der Waals surface area contributed by atoms with Crippen LogP contribution in [0.3, 0.4) is 0 Å². The molecule has 3 nitrogen and oxygen atoms in total. The molecule has 3 atom stereocenters. The zero-order valence-corrected chi connectivity index (χ0v) is 14.9. The molecule has 0 aliphatic carbocycles. The number of hydrogen-bond donors (Lipinski definition) is 0. The SMILES string of the molecule is CN(C)C[C@H]1C[C@@H]2c3ccccc3Oc3ccc(Br)cc3[C@H]2O1. The van der Waals surface area contributed by atoms with E-state index in [2.05, 4.69) is 59.2 Å². The first-order valence-corrected chi connectivity index (χ1v) is 8.77. The number of para-hydroxylation sites is 1. The Morgan fingerprint density at radius 1 is 1.09 bits per heavy atom. The summed E-state index contributed by atoms with van der Waals surface area (Å²) in [6.45, 7) is 0.944. The van der Waals surface area contributed by atoms with Gasteiger partial charge in [-0.25, -0.2) is 0 Å². The van der Waals surface area contributed by atoms with Gasteiger partial charge in [-0.1, -0.05) is 34.1 Å². The maximum Gasteiger partial charge on any atom is 0.133 e. The molecule has 0 N–H and O–H groups in total. The molecule has 2 heterocycles. The Morgan fingerprint density at radius 2 is 1.87 bits per heavy atom. The number of benzene rings is 2. The topological polar surface area (TPSA) is 21.7 Å². The van der Waals surface area contributed by atoms with E-state index in [1.807, 2.05) is 18.2 Å². The van der Waals surface area contributed by atoms with Crippen LogP contribution < -0.4 is 4.74 Å². The summed E-state index contributed by atoms with van der Waals surface area (Å²) in [5, 5.41) is 0. The molecular weight excluding hydrogens is 354 g/mol. The number of halogens is 1. The summed E-state index contributed by atoms with van der Waals surface area (Å²) in [4.78, 5) is 2.19. The van der Waals surface area contributed by atoms with Gasteiger partial charge in [-0.15, -0.1) is 0 Å². The molecule has 2 aromatic rings. The molecule has 0 saturated carbocycles. The summed E-state index contributed by atoms with van der Waals surface area (Å²) >= 11 is 3.58. The van der Waals surface area contributed by atoms with Gasteiger partial charge in [0.25, 0.3) is 0 Å². The summed E-state index contributed by atoms with van der Waals surface area (Å²) in [7, 11) is 4.19. The van der Waals surface area contributed by atoms with E-state index in [9.17, 15) is 0 Å². The van der Waals surface area contributed by atoms with Crippen LogP contribution in [0.1, 0.15) is 29.6 Å². The Kier molecular flexibility index (Phi) is 3.92. The third-order valence-electron chi connectivity index (χ3n) is 4.61. The zero-order chi connectivity index (χ0) is 16.0. The summed E-state index contributed by atoms with van der Waals surface area (Å²) in [6.07, 6.45) is 1.32. The third-order valence-corrected chi connectivity index (χ3v) is 5.10. The van der Waals surface area contributed by atoms with Crippen molar-refractivity contribution in [1.29, 1.82) is 0 Å². The van der Waals surface area contributed by atoms with Crippen molar-refractivity contribution in [2.24, 2.45) is 0 Å². The van der Waals surface area contributed by atoms with Crippen molar-refractivity contribution < 1.29 is 9.47 Å². The van der Waals surface area contributed by atoms with Crippen LogP contribution in [0.15, 0.2) is 46.9 Å². The summed E-state index contributed by atoms with van der Waals surface area (Å²) in [6, 6.07) is 14.5. The number of rotatable bonds is 2. The third kappa shape index (κ3) is 2.80. The molecule has 2 aromatic carbocycles. The second-order valence-electron chi connectivity index (χ2n) is 6.61. The van der Waals surface area contributed by atoms with Gasteiger partial charge >= 0.3 is 0 Å². The molecule has 0 unspecified atom stereocenters. The Balaban J connectivity index is 1.80. The van der Waals surface area contributed by atoms with Crippen LogP contribution in [-0.2, 0) is 4.74 Å². The second kappa shape index (κ2) is 5.93. The van der Waals surface area contributed by atoms with Crippen LogP contribution in [0.2, 0.25) is 0 Å². The van der Waals surface area contributed by atoms with E-state index in [0.717, 1.165) is 34.5 Å². The van der Waals surface area contributed by atoms with Crippen molar-refractivity contribution in [3.05, 3.63) is 58.1 Å². The van der Waals surface area contributed by atoms with E-state index in [0.29, 0.717) is 5.92 Å². The van der Waals surface area contributed by atoms with Crippen LogP contribution in [0.5, 0.6) is 11.5 Å². The molecule has 0 aromatic heterocycles. The van der Waals surface area contributed by atoms with Crippen LogP contribution in [0.25, 0.3) is 0 Å². The zero-order valence-electron chi connectivity index (χ0n) is 13.3. The summed E-state index contributed by atoms with van der Waals surface area (Å²) < 4.78 is 13.7. The number of nitrogens with zero attached hydrogens (tertiary/aromatic N) is 1. The van der Waals surface area contributed by atoms with Crippen molar-refractivity contribution in [3.8, 4) is 11.5 Å². The van der Waals surface area contributed by atoms with Gasteiger partial charge < -0.3 is 14.4 Å². The highest BCUT2D eigenvalue weighted by molar-refractivity contribution is 9.10. The van der Waals surface area contributed by atoms with E-state index < -0.39 is 0 Å². The van der Waals surface area contributed by atoms with Gasteiger partial charge in [0.05, 0.1) is 12.2 Å². The largest absolute Gasteiger partial charge is 0.457 e. The lowest BCUT2D eigenvalue weighted by atomic mass is 9.87. The van der Waals surface area contributed by atoms with E-state index in [1.54, 1.807) is 0 Å². The molecule has 23 heavy (non-hydrogen) atoms. The highest BCUT2D eigenvalue weighted by Gasteiger charge is 2.41. The second-order valence-corrected chi connectivity index (χ2v) is 7.52. The van der Waals surface area contributed by atoms with Gasteiger partial charge in [-0.3, -0.25) is 0 Å². The van der Waals surface area contributed by atoms with Crippen molar-refractivity contribution in [2.75, 3.05) is 20.6 Å². The average Bonchev–Trinajstić information content (AvgIpc) is 2.87. The minimum atomic E-state index is 0.0519. The summed E-state index contributed by atoms with van der Waals surface area (Å²) in [5.74, 6) is 2.20. The smallest absolute Gasteiger partial charge is 0.133 e. The summed E-state index contributed by atoms with van der Waals surface area (Å²) in [5.41, 5.74) is 2.40. The minimum absolute atomic E-state index is 0.0519. The molecule has 4 heteroatoms. The number of hydrogen-bond acceptors (Lipinski definition) is 3. The van der Waals surface area contributed by atoms with E-state index >= 15 is 0 Å². The maximum absolute atomic E-state index is 6.45. The van der Waals surface area contributed by atoms with E-state index in [4.69, 9.17) is 9.47 Å². The lowest BCUT2D eigenvalue weighted by Crippen LogP contribution is -2.25. The first-order chi connectivity index (χ1) is 11.1. The average molecular weight is 374 g/mol. The van der Waals surface area contributed by atoms with Crippen molar-refractivity contribution in [1.82, 2.24) is 4.90 Å². The molecule has 4 rings (SSSR count). The lowest BCUT2D eigenvalue weighted by molar-refractivity contribution is 0.0271. The van der Waals surface area contributed by atoms with Gasteiger partial charge in [0.2, 0.25) is 0 Å². The fraction of sp³-hybridized carbons (Fsp3) is 0.368. The monoisotopic (exact) mass is 373 g/mol. The van der Waals surface area contributed by atoms with Crippen LogP contribution in [-0.4, -0.2) is 31.6 Å². The Hall–Kier alpha value is -1.36. The van der Waals surface area contributed by atoms with Gasteiger partial charge in [0, 0.05) is 28.1 Å². The molecule has 0 bridgehead atoms. The standard InChI is InChI=1S/C19H20BrNO2/c1-21(2)11-13-10-15-14-5-3-4-6-17(14)23-18-8-7-12(20)9-16(18)19(15)22-13/h3-9,13,15,19H,10-11H2,1-2H3/t13-,15-,19+/m1/s1. The van der Waals surface area contributed by atoms with Crippen LogP contribution in [0, 0.1) is 0 Å². The van der Waals surface area contributed by atoms with Gasteiger partial charge in [0.1, 0.15) is 11.5 Å². The maximum atomic E-state index is 6.45. The molecular formula is C19H20BrNO2. The number of ether oxygens (including phenoxy) is 2. The highest BCUT2D eigenvalue weighted by atomic mass is 79.9. The molecule has 2 aliphatic rings. The van der Waals surface area contributed by atoms with Crippen LogP contribution in [0.4, 0.5) is 0 Å². The predicted molar refractivity (Wildman–Crippen MR) is 94.2 cm³/mol. The van der Waals surface area contributed by atoms with Gasteiger partial charge in [0.15, 0.2) is 0 Å². The van der Waals surface area contributed by atoms with Gasteiger partial charge in [-0.05, 0) is 44.8 Å². The highest BCUT2D eigenvalue weighted by Crippen LogP contribution is 2.53. The lowest BCUT2D eigenvalue weighted by Gasteiger charge is -2.19. The molecule has 0 radical (unpaired) electrons. The molecule has 1 fully saturated rings. The first kappa shape index (κ1) is 15.2. The van der Waals surface area contributed by atoms with Crippen molar-refractivity contribution >= 4 is 15.9 Å². The first-order valence-electron chi connectivity index (χ1n) is 7.98. The Labute approximate surface area is 145 Å². The van der Waals surface area contributed by atoms with Crippen molar-refractivity contribution in [3.63, 3.8) is 0 Å². The molecule has 0 amide bonds. The molecule has 2 aliphatic heterocycles. The number of likely N-dealkylation sites (N-methyl/N-ethyl adjacent to an activating group) is 1. The fourth-order valence-corrected chi connectivity index (χ4v) is 4.08. The fourth-order valence-electron chi connectivity index (χ4n) is 3.70. The van der Waals surface area contributed by atoms with E-state index in [1.165, 1.54) is 5.56 Å².